The van der Waals surface area contributed by atoms with Gasteiger partial charge in [0.05, 0.1) is 11.1 Å². The molecule has 12 nitrogen and oxygen atoms in total. The number of ether oxygens (including phenoxy) is 1. The van der Waals surface area contributed by atoms with Crippen LogP contribution in [0.4, 0.5) is 9.93 Å². The van der Waals surface area contributed by atoms with Crippen molar-refractivity contribution in [2.24, 2.45) is 0 Å². The van der Waals surface area contributed by atoms with Gasteiger partial charge in [-0.15, -0.1) is 23.1 Å². The minimum atomic E-state index is -1.01. The van der Waals surface area contributed by atoms with E-state index in [0.717, 1.165) is 43.5 Å². The summed E-state index contributed by atoms with van der Waals surface area (Å²) in [5.74, 6) is -0.490. The molecule has 54 heavy (non-hydrogen) atoms. The SMILES string of the molecule is CC(C)NC(=O)c1ccc(-c2csc(NC(=O)[C@@H]3CSC(CCCC(=O)N4CCCCC4)N3C(=O)[C@@H](Cc3ccccc3)NC(=O)OC(C)(C)C)n2)cc1. The molecule has 3 atom stereocenters. The number of aromatic nitrogens is 1. The number of likely N-dealkylation sites (tertiary alicyclic amines) is 1. The van der Waals surface area contributed by atoms with Gasteiger partial charge in [0.25, 0.3) is 5.91 Å². The van der Waals surface area contributed by atoms with Crippen molar-refractivity contribution in [3.05, 3.63) is 71.1 Å². The second-order valence-electron chi connectivity index (χ2n) is 15.0. The molecule has 0 aliphatic carbocycles. The van der Waals surface area contributed by atoms with E-state index in [2.05, 4.69) is 20.9 Å². The van der Waals surface area contributed by atoms with Crippen molar-refractivity contribution in [2.75, 3.05) is 24.2 Å². The van der Waals surface area contributed by atoms with Crippen LogP contribution < -0.4 is 16.0 Å². The highest BCUT2D eigenvalue weighted by atomic mass is 32.2. The van der Waals surface area contributed by atoms with Gasteiger partial charge in [0.15, 0.2) is 5.13 Å². The number of anilines is 1. The Labute approximate surface area is 326 Å². The van der Waals surface area contributed by atoms with Crippen LogP contribution in [0.25, 0.3) is 11.3 Å². The van der Waals surface area contributed by atoms with Crippen LogP contribution in [0.1, 0.15) is 89.1 Å². The summed E-state index contributed by atoms with van der Waals surface area (Å²) in [4.78, 5) is 75.3. The number of amides is 5. The van der Waals surface area contributed by atoms with Crippen LogP contribution in [0.15, 0.2) is 60.0 Å². The second kappa shape index (κ2) is 18.7. The quantitative estimate of drug-likeness (QED) is 0.179. The smallest absolute Gasteiger partial charge is 0.408 e. The molecule has 0 saturated carbocycles. The van der Waals surface area contributed by atoms with Crippen molar-refractivity contribution in [1.29, 1.82) is 0 Å². The number of thiazole rings is 1. The predicted octanol–water partition coefficient (Wildman–Crippen LogP) is 6.48. The third-order valence-corrected chi connectivity index (χ3v) is 11.2. The van der Waals surface area contributed by atoms with Gasteiger partial charge in [-0.1, -0.05) is 42.5 Å². The number of alkyl carbamates (subject to hydrolysis) is 1. The van der Waals surface area contributed by atoms with Gasteiger partial charge >= 0.3 is 6.09 Å². The van der Waals surface area contributed by atoms with E-state index in [9.17, 15) is 24.0 Å². The van der Waals surface area contributed by atoms with Gasteiger partial charge in [-0.25, -0.2) is 9.78 Å². The number of carbonyl (C=O) groups is 5. The summed E-state index contributed by atoms with van der Waals surface area (Å²) in [5, 5.41) is 10.4. The fourth-order valence-corrected chi connectivity index (χ4v) is 8.67. The average molecular weight is 777 g/mol. The summed E-state index contributed by atoms with van der Waals surface area (Å²) in [6, 6.07) is 14.7. The van der Waals surface area contributed by atoms with E-state index in [0.29, 0.717) is 41.4 Å². The molecule has 0 radical (unpaired) electrons. The third kappa shape index (κ3) is 11.5. The lowest BCUT2D eigenvalue weighted by Gasteiger charge is -2.33. The molecule has 0 bridgehead atoms. The van der Waals surface area contributed by atoms with E-state index in [1.54, 1.807) is 37.8 Å². The molecule has 14 heteroatoms. The lowest BCUT2D eigenvalue weighted by Crippen LogP contribution is -2.56. The molecule has 2 saturated heterocycles. The first kappa shape index (κ1) is 40.7. The largest absolute Gasteiger partial charge is 0.444 e. The molecule has 5 amide bonds. The molecule has 1 unspecified atom stereocenters. The number of hydrogen-bond acceptors (Lipinski definition) is 9. The Morgan fingerprint density at radius 2 is 1.65 bits per heavy atom. The van der Waals surface area contributed by atoms with E-state index < -0.39 is 29.7 Å². The molecule has 0 spiro atoms. The number of thioether (sulfide) groups is 1. The standard InChI is InChI=1S/C40H52N6O6S2/c1-26(2)41-35(48)29-19-17-28(18-20-29)31-24-54-38(42-31)44-36(49)32-25-53-34(16-12-15-33(47)45-21-10-7-11-22-45)46(32)37(50)30(23-27-13-8-6-9-14-27)43-39(51)52-40(3,4)5/h6,8-9,13-14,17-20,24,26,30,32,34H,7,10-12,15-16,21-23,25H2,1-5H3,(H,41,48)(H,43,51)(H,42,44,49)/t30-,32+,34?/m1/s1. The summed E-state index contributed by atoms with van der Waals surface area (Å²) < 4.78 is 5.55. The Kier molecular flexibility index (Phi) is 14.1. The maximum absolute atomic E-state index is 14.6. The number of nitrogens with one attached hydrogen (secondary N) is 3. The second-order valence-corrected chi connectivity index (χ2v) is 17.1. The molecule has 3 heterocycles. The molecule has 3 N–H and O–H groups in total. The summed E-state index contributed by atoms with van der Waals surface area (Å²) >= 11 is 2.77. The molecule has 3 aromatic rings. The zero-order valence-electron chi connectivity index (χ0n) is 31.8. The van der Waals surface area contributed by atoms with Gasteiger partial charge in [0, 0.05) is 54.2 Å². The lowest BCUT2D eigenvalue weighted by molar-refractivity contribution is -0.140. The topological polar surface area (TPSA) is 150 Å². The maximum Gasteiger partial charge on any atom is 0.408 e. The highest BCUT2D eigenvalue weighted by Crippen LogP contribution is 2.35. The van der Waals surface area contributed by atoms with Crippen LogP contribution in [-0.4, -0.2) is 92.4 Å². The molecule has 5 rings (SSSR count). The van der Waals surface area contributed by atoms with Crippen LogP contribution >= 0.6 is 23.1 Å². The van der Waals surface area contributed by atoms with Crippen molar-refractivity contribution < 1.29 is 28.7 Å². The van der Waals surface area contributed by atoms with Crippen LogP contribution in [0, 0.1) is 0 Å². The predicted molar refractivity (Wildman–Crippen MR) is 213 cm³/mol. The van der Waals surface area contributed by atoms with Gasteiger partial charge in [-0.2, -0.15) is 0 Å². The first-order valence-electron chi connectivity index (χ1n) is 18.7. The minimum Gasteiger partial charge on any atom is -0.444 e. The van der Waals surface area contributed by atoms with Crippen molar-refractivity contribution >= 4 is 58.0 Å². The number of benzene rings is 2. The van der Waals surface area contributed by atoms with Crippen molar-refractivity contribution in [2.45, 2.75) is 109 Å². The van der Waals surface area contributed by atoms with Crippen LogP contribution in [-0.2, 0) is 25.5 Å². The first-order valence-corrected chi connectivity index (χ1v) is 20.6. The lowest BCUT2D eigenvalue weighted by atomic mass is 10.0. The number of rotatable bonds is 13. The first-order chi connectivity index (χ1) is 25.8. The normalized spacial score (nSPS) is 17.9. The zero-order valence-corrected chi connectivity index (χ0v) is 33.4. The number of carbonyl (C=O) groups excluding carboxylic acids is 5. The molecular formula is C40H52N6O6S2. The van der Waals surface area contributed by atoms with Gasteiger partial charge in [-0.3, -0.25) is 19.2 Å². The summed E-state index contributed by atoms with van der Waals surface area (Å²) in [6.07, 6.45) is 4.07. The van der Waals surface area contributed by atoms with Gasteiger partial charge in [-0.05, 0) is 84.4 Å². The van der Waals surface area contributed by atoms with Crippen LogP contribution in [0.5, 0.6) is 0 Å². The molecular weight excluding hydrogens is 725 g/mol. The third-order valence-electron chi connectivity index (χ3n) is 9.07. The van der Waals surface area contributed by atoms with E-state index in [4.69, 9.17) is 4.74 Å². The number of hydrogen-bond donors (Lipinski definition) is 3. The summed E-state index contributed by atoms with van der Waals surface area (Å²) in [7, 11) is 0. The Morgan fingerprint density at radius 1 is 0.944 bits per heavy atom. The Bertz CT molecular complexity index is 1750. The number of nitrogens with zero attached hydrogens (tertiary/aromatic N) is 3. The molecule has 2 aliphatic heterocycles. The molecule has 2 fully saturated rings. The number of piperidine rings is 1. The Balaban J connectivity index is 1.34. The molecule has 2 aromatic carbocycles. The van der Waals surface area contributed by atoms with E-state index in [-0.39, 0.29) is 35.6 Å². The van der Waals surface area contributed by atoms with Crippen LogP contribution in [0.2, 0.25) is 0 Å². The highest BCUT2D eigenvalue weighted by molar-refractivity contribution is 8.00. The van der Waals surface area contributed by atoms with E-state index >= 15 is 0 Å². The van der Waals surface area contributed by atoms with Crippen molar-refractivity contribution in [3.8, 4) is 11.3 Å². The van der Waals surface area contributed by atoms with Gasteiger partial charge < -0.3 is 30.5 Å². The Hall–Kier alpha value is -4.43. The average Bonchev–Trinajstić information content (AvgIpc) is 3.78. The molecule has 2 aliphatic rings. The van der Waals surface area contributed by atoms with Gasteiger partial charge in [0.2, 0.25) is 17.7 Å². The highest BCUT2D eigenvalue weighted by Gasteiger charge is 2.44. The zero-order chi connectivity index (χ0) is 38.8. The maximum atomic E-state index is 14.6. The fraction of sp³-hybridized carbons (Fsp3) is 0.500. The fourth-order valence-electron chi connectivity index (χ4n) is 6.48. The minimum absolute atomic E-state index is 0.0197. The van der Waals surface area contributed by atoms with Crippen molar-refractivity contribution in [3.63, 3.8) is 0 Å². The van der Waals surface area contributed by atoms with Crippen molar-refractivity contribution in [1.82, 2.24) is 25.4 Å². The molecule has 1 aromatic heterocycles. The summed E-state index contributed by atoms with van der Waals surface area (Å²) in [5.41, 5.74) is 2.03. The van der Waals surface area contributed by atoms with E-state index in [1.807, 2.05) is 66.6 Å². The monoisotopic (exact) mass is 776 g/mol. The van der Waals surface area contributed by atoms with Crippen LogP contribution in [0.3, 0.4) is 0 Å². The Morgan fingerprint density at radius 3 is 2.31 bits per heavy atom. The van der Waals surface area contributed by atoms with Gasteiger partial charge in [0.1, 0.15) is 17.7 Å². The summed E-state index contributed by atoms with van der Waals surface area (Å²) in [6.45, 7) is 10.6. The molecule has 290 valence electrons. The van der Waals surface area contributed by atoms with E-state index in [1.165, 1.54) is 23.1 Å².